The van der Waals surface area contributed by atoms with Crippen LogP contribution in [0.25, 0.3) is 27.5 Å². The maximum atomic E-state index is 5.07. The molecule has 224 valence electrons. The lowest BCUT2D eigenvalue weighted by Crippen LogP contribution is -2.44. The van der Waals surface area contributed by atoms with Gasteiger partial charge in [0.2, 0.25) is 0 Å². The Morgan fingerprint density at radius 2 is 1.39 bits per heavy atom. The van der Waals surface area contributed by atoms with Crippen LogP contribution in [-0.2, 0) is 5.41 Å². The number of nitrogens with zero attached hydrogens (tertiary/aromatic N) is 2. The zero-order chi connectivity index (χ0) is 30.8. The van der Waals surface area contributed by atoms with Gasteiger partial charge < -0.3 is 9.88 Å². The van der Waals surface area contributed by atoms with E-state index in [1.54, 1.807) is 0 Å². The van der Waals surface area contributed by atoms with Gasteiger partial charge in [0.15, 0.2) is 0 Å². The van der Waals surface area contributed by atoms with Crippen molar-refractivity contribution in [3.63, 3.8) is 0 Å². The number of nitrogens with one attached hydrogen (secondary N) is 2. The van der Waals surface area contributed by atoms with E-state index in [1.807, 2.05) is 12.1 Å². The van der Waals surface area contributed by atoms with Gasteiger partial charge in [-0.15, -0.1) is 0 Å². The number of fused-ring (bicyclic) bond motifs is 6. The number of benzene rings is 5. The monoisotopic (exact) mass is 596 g/mol. The molecule has 6 aromatic rings. The van der Waals surface area contributed by atoms with Gasteiger partial charge in [0.1, 0.15) is 18.2 Å². The summed E-state index contributed by atoms with van der Waals surface area (Å²) in [5.41, 5.74) is 10.1. The predicted molar refractivity (Wildman–Crippen MR) is 189 cm³/mol. The Morgan fingerprint density at radius 1 is 0.674 bits per heavy atom. The van der Waals surface area contributed by atoms with Gasteiger partial charge in [0.05, 0.1) is 11.0 Å². The van der Waals surface area contributed by atoms with E-state index in [-0.39, 0.29) is 17.7 Å². The van der Waals surface area contributed by atoms with Crippen LogP contribution in [0.4, 0.5) is 0 Å². The van der Waals surface area contributed by atoms with Gasteiger partial charge >= 0.3 is 0 Å². The molecule has 2 N–H and O–H groups in total. The highest BCUT2D eigenvalue weighted by Crippen LogP contribution is 2.54. The van der Waals surface area contributed by atoms with Crippen molar-refractivity contribution in [3.8, 4) is 5.69 Å². The third kappa shape index (κ3) is 4.21. The van der Waals surface area contributed by atoms with E-state index in [2.05, 4.69) is 163 Å². The fourth-order valence-corrected chi connectivity index (χ4v) is 8.01. The zero-order valence-corrected chi connectivity index (χ0v) is 26.1. The van der Waals surface area contributed by atoms with E-state index < -0.39 is 0 Å². The van der Waals surface area contributed by atoms with E-state index in [0.717, 1.165) is 22.6 Å². The molecular weight excluding hydrogens is 560 g/mol. The van der Waals surface area contributed by atoms with Crippen LogP contribution in [0.3, 0.4) is 0 Å². The molecule has 0 fully saturated rings. The second kappa shape index (κ2) is 10.4. The molecule has 0 radical (unpaired) electrons. The standard InChI is InChI=1S/C42H36N4/c1-42(2)35-19-11-9-17-31(35)33-26-38-34(25-36(33)42)32-18-10-12-20-37(32)46(38)30-23-21-29(22-24-30)41-44-39(27-13-5-3-6-14-27)43-40(45-41)28-15-7-4-8-16-28/h3-26,31,35,39,41,44H,1-2H3,(H,43,45). The average Bonchev–Trinajstić information content (AvgIpc) is 3.56. The lowest BCUT2D eigenvalue weighted by Gasteiger charge is -2.32. The molecule has 0 saturated heterocycles. The van der Waals surface area contributed by atoms with Crippen molar-refractivity contribution in [3.05, 3.63) is 173 Å². The van der Waals surface area contributed by atoms with E-state index >= 15 is 0 Å². The van der Waals surface area contributed by atoms with Crippen molar-refractivity contribution < 1.29 is 0 Å². The van der Waals surface area contributed by atoms with Crippen LogP contribution in [-0.4, -0.2) is 10.4 Å². The summed E-state index contributed by atoms with van der Waals surface area (Å²) < 4.78 is 2.45. The highest BCUT2D eigenvalue weighted by atomic mass is 15.3. The first-order chi connectivity index (χ1) is 22.6. The Balaban J connectivity index is 1.13. The predicted octanol–water partition coefficient (Wildman–Crippen LogP) is 9.24. The van der Waals surface area contributed by atoms with Crippen molar-refractivity contribution in [2.45, 2.75) is 37.5 Å². The molecule has 3 aliphatic rings. The first kappa shape index (κ1) is 27.1. The van der Waals surface area contributed by atoms with Crippen LogP contribution in [0.15, 0.2) is 151 Å². The number of rotatable bonds is 4. The first-order valence-electron chi connectivity index (χ1n) is 16.3. The van der Waals surface area contributed by atoms with Crippen LogP contribution in [0.2, 0.25) is 0 Å². The summed E-state index contributed by atoms with van der Waals surface area (Å²) in [6, 6.07) is 43.7. The van der Waals surface area contributed by atoms with Crippen molar-refractivity contribution in [1.29, 1.82) is 0 Å². The third-order valence-electron chi connectivity index (χ3n) is 10.4. The molecule has 9 rings (SSSR count). The van der Waals surface area contributed by atoms with Gasteiger partial charge in [0.25, 0.3) is 0 Å². The van der Waals surface area contributed by atoms with Crippen molar-refractivity contribution in [2.24, 2.45) is 10.9 Å². The summed E-state index contributed by atoms with van der Waals surface area (Å²) in [5, 5.41) is 10.0. The normalized spacial score (nSPS) is 22.8. The number of allylic oxidation sites excluding steroid dienone is 4. The molecule has 4 unspecified atom stereocenters. The lowest BCUT2D eigenvalue weighted by atomic mass is 9.74. The highest BCUT2D eigenvalue weighted by Gasteiger charge is 2.44. The van der Waals surface area contributed by atoms with E-state index in [1.165, 1.54) is 38.5 Å². The maximum absolute atomic E-state index is 5.07. The molecule has 1 aliphatic heterocycles. The largest absolute Gasteiger partial charge is 0.350 e. The van der Waals surface area contributed by atoms with Crippen LogP contribution in [0.1, 0.15) is 59.9 Å². The molecule has 2 heterocycles. The minimum Gasteiger partial charge on any atom is -0.350 e. The van der Waals surface area contributed by atoms with Gasteiger partial charge in [-0.25, -0.2) is 4.99 Å². The number of para-hydroxylation sites is 1. The first-order valence-corrected chi connectivity index (χ1v) is 16.3. The number of aliphatic imine (C=N–C) groups is 1. The molecule has 0 saturated carbocycles. The van der Waals surface area contributed by atoms with E-state index in [4.69, 9.17) is 4.99 Å². The van der Waals surface area contributed by atoms with Crippen LogP contribution in [0, 0.1) is 5.92 Å². The maximum Gasteiger partial charge on any atom is 0.131 e. The fourth-order valence-electron chi connectivity index (χ4n) is 8.01. The number of hydrogen-bond donors (Lipinski definition) is 2. The second-order valence-electron chi connectivity index (χ2n) is 13.3. The average molecular weight is 597 g/mol. The Hall–Kier alpha value is -5.19. The summed E-state index contributed by atoms with van der Waals surface area (Å²) in [6.07, 6.45) is 8.99. The summed E-state index contributed by atoms with van der Waals surface area (Å²) >= 11 is 0. The lowest BCUT2D eigenvalue weighted by molar-refractivity contribution is 0.394. The molecule has 4 nitrogen and oxygen atoms in total. The molecule has 5 aromatic carbocycles. The van der Waals surface area contributed by atoms with Crippen molar-refractivity contribution >= 4 is 27.6 Å². The molecule has 4 atom stereocenters. The topological polar surface area (TPSA) is 41.4 Å². The smallest absolute Gasteiger partial charge is 0.131 e. The van der Waals surface area contributed by atoms with Gasteiger partial charge in [-0.1, -0.05) is 129 Å². The van der Waals surface area contributed by atoms with Crippen LogP contribution in [0.5, 0.6) is 0 Å². The Kier molecular flexibility index (Phi) is 6.16. The van der Waals surface area contributed by atoms with Crippen LogP contribution < -0.4 is 10.6 Å². The molecule has 1 aromatic heterocycles. The Morgan fingerprint density at radius 3 is 2.20 bits per heavy atom. The minimum absolute atomic E-state index is 0.0831. The SMILES string of the molecule is CC1(C)c2cc3c4ccccc4n(-c4ccc(C5NC(c6ccccc6)=NC(c6ccccc6)N5)cc4)c3cc2C2C=CC=CC21. The zero-order valence-electron chi connectivity index (χ0n) is 26.1. The minimum atomic E-state index is -0.154. The highest BCUT2D eigenvalue weighted by molar-refractivity contribution is 6.10. The van der Waals surface area contributed by atoms with E-state index in [9.17, 15) is 0 Å². The Bertz CT molecular complexity index is 2190. The summed E-state index contributed by atoms with van der Waals surface area (Å²) in [5.74, 6) is 1.79. The van der Waals surface area contributed by atoms with Gasteiger partial charge in [-0.05, 0) is 63.9 Å². The van der Waals surface area contributed by atoms with Gasteiger partial charge in [0, 0.05) is 27.9 Å². The summed E-state index contributed by atoms with van der Waals surface area (Å²) in [4.78, 5) is 5.07. The molecule has 0 amide bonds. The molecular formula is C42H36N4. The number of hydrogen-bond acceptors (Lipinski definition) is 3. The summed E-state index contributed by atoms with van der Waals surface area (Å²) in [6.45, 7) is 4.82. The van der Waals surface area contributed by atoms with E-state index in [0.29, 0.717) is 11.8 Å². The van der Waals surface area contributed by atoms with Crippen molar-refractivity contribution in [2.75, 3.05) is 0 Å². The molecule has 46 heavy (non-hydrogen) atoms. The van der Waals surface area contributed by atoms with Gasteiger partial charge in [-0.3, -0.25) is 5.32 Å². The third-order valence-corrected chi connectivity index (χ3v) is 10.4. The molecule has 0 bridgehead atoms. The number of amidine groups is 1. The summed E-state index contributed by atoms with van der Waals surface area (Å²) in [7, 11) is 0. The fraction of sp³-hybridized carbons (Fsp3) is 0.167. The quantitative estimate of drug-likeness (QED) is 0.213. The Labute approximate surface area is 269 Å². The van der Waals surface area contributed by atoms with Crippen molar-refractivity contribution in [1.82, 2.24) is 15.2 Å². The van der Waals surface area contributed by atoms with Gasteiger partial charge in [-0.2, -0.15) is 0 Å². The second-order valence-corrected chi connectivity index (χ2v) is 13.3. The van der Waals surface area contributed by atoms with Crippen LogP contribution >= 0.6 is 0 Å². The number of aromatic nitrogens is 1. The molecule has 2 aliphatic carbocycles. The molecule has 4 heteroatoms. The molecule has 0 spiro atoms.